The number of rotatable bonds is 5. The van der Waals surface area contributed by atoms with Gasteiger partial charge in [-0.2, -0.15) is 0 Å². The summed E-state index contributed by atoms with van der Waals surface area (Å²) in [6.45, 7) is 6.25. The Balaban J connectivity index is 0.00000225. The van der Waals surface area contributed by atoms with Crippen LogP contribution in [-0.4, -0.2) is 55.5 Å². The summed E-state index contributed by atoms with van der Waals surface area (Å²) in [5, 5.41) is 3.75. The number of likely N-dealkylation sites (tertiary alicyclic amines) is 1. The Kier molecular flexibility index (Phi) is 8.05. The van der Waals surface area contributed by atoms with E-state index < -0.39 is 5.79 Å². The molecule has 1 saturated carbocycles. The molecule has 0 amide bonds. The molecule has 3 aliphatic rings. The molecule has 7 heteroatoms. The molecule has 0 bridgehead atoms. The molecule has 0 spiro atoms. The summed E-state index contributed by atoms with van der Waals surface area (Å²) in [5.41, 5.74) is 0. The van der Waals surface area contributed by atoms with Gasteiger partial charge in [-0.25, -0.2) is 0 Å². The number of ether oxygens (including phenoxy) is 2. The van der Waals surface area contributed by atoms with E-state index in [0.29, 0.717) is 25.2 Å². The van der Waals surface area contributed by atoms with Crippen LogP contribution in [0.25, 0.3) is 0 Å². The highest BCUT2D eigenvalue weighted by molar-refractivity contribution is 14.0. The highest BCUT2D eigenvalue weighted by Crippen LogP contribution is 2.34. The van der Waals surface area contributed by atoms with Crippen LogP contribution in [0.3, 0.4) is 0 Å². The normalized spacial score (nSPS) is 25.7. The summed E-state index contributed by atoms with van der Waals surface area (Å²) in [6, 6.07) is 4.52. The molecule has 2 aliphatic heterocycles. The minimum atomic E-state index is -0.439. The quantitative estimate of drug-likeness (QED) is 0.377. The minimum absolute atomic E-state index is 0. The zero-order chi connectivity index (χ0) is 18.5. The summed E-state index contributed by atoms with van der Waals surface area (Å²) >= 11 is 0. The van der Waals surface area contributed by atoms with Crippen LogP contribution in [0, 0.1) is 5.92 Å². The Bertz CT molecular complexity index is 610. The largest absolute Gasteiger partial charge is 0.469 e. The van der Waals surface area contributed by atoms with E-state index in [4.69, 9.17) is 18.9 Å². The molecule has 0 aromatic carbocycles. The van der Waals surface area contributed by atoms with Crippen LogP contribution in [0.4, 0.5) is 0 Å². The molecule has 1 N–H and O–H groups in total. The highest BCUT2D eigenvalue weighted by atomic mass is 127. The first-order valence-corrected chi connectivity index (χ1v) is 10.6. The topological polar surface area (TPSA) is 59.2 Å². The maximum atomic E-state index is 5.95. The van der Waals surface area contributed by atoms with Crippen molar-refractivity contribution in [3.05, 3.63) is 24.2 Å². The average Bonchev–Trinajstić information content (AvgIpc) is 3.45. The van der Waals surface area contributed by atoms with Gasteiger partial charge >= 0.3 is 0 Å². The van der Waals surface area contributed by atoms with Gasteiger partial charge in [0, 0.05) is 38.0 Å². The summed E-state index contributed by atoms with van der Waals surface area (Å²) in [5.74, 6) is 2.00. The molecular formula is C21H34IN3O3. The molecule has 1 atom stereocenters. The van der Waals surface area contributed by atoms with Crippen molar-refractivity contribution in [3.8, 4) is 0 Å². The number of piperidine rings is 1. The Morgan fingerprint density at radius 1 is 1.21 bits per heavy atom. The van der Waals surface area contributed by atoms with Crippen LogP contribution in [0.1, 0.15) is 51.2 Å². The number of furan rings is 1. The van der Waals surface area contributed by atoms with E-state index in [1.54, 1.807) is 6.26 Å². The van der Waals surface area contributed by atoms with Crippen LogP contribution in [0.5, 0.6) is 0 Å². The van der Waals surface area contributed by atoms with E-state index >= 15 is 0 Å². The van der Waals surface area contributed by atoms with Crippen LogP contribution >= 0.6 is 24.0 Å². The summed E-state index contributed by atoms with van der Waals surface area (Å²) in [6.07, 6.45) is 10.0. The van der Waals surface area contributed by atoms with Gasteiger partial charge in [-0.1, -0.05) is 12.8 Å². The second-order valence-electron chi connectivity index (χ2n) is 8.16. The zero-order valence-electron chi connectivity index (χ0n) is 16.9. The Morgan fingerprint density at radius 2 is 2.00 bits per heavy atom. The Labute approximate surface area is 185 Å². The van der Waals surface area contributed by atoms with Gasteiger partial charge in [0.05, 0.1) is 19.5 Å². The summed E-state index contributed by atoms with van der Waals surface area (Å²) in [7, 11) is 0. The van der Waals surface area contributed by atoms with E-state index in [1.165, 1.54) is 25.7 Å². The van der Waals surface area contributed by atoms with Crippen molar-refractivity contribution in [2.45, 2.75) is 63.7 Å². The zero-order valence-corrected chi connectivity index (χ0v) is 19.2. The van der Waals surface area contributed by atoms with E-state index in [-0.39, 0.29) is 24.0 Å². The molecule has 6 nitrogen and oxygen atoms in total. The SMILES string of the molecule is CC1(C2CCCN(C(=NCCc3ccco3)NC3CCCC3)C2)OCCO1.I. The van der Waals surface area contributed by atoms with Crippen molar-refractivity contribution < 1.29 is 13.9 Å². The van der Waals surface area contributed by atoms with Crippen molar-refractivity contribution >= 4 is 29.9 Å². The minimum Gasteiger partial charge on any atom is -0.469 e. The standard InChI is InChI=1S/C21H33N3O3.HI/c1-21(26-14-15-27-21)17-6-4-12-24(16-17)20(23-18-7-2-3-8-18)22-11-10-19-9-5-13-25-19;/h5,9,13,17-18H,2-4,6-8,10-12,14-16H2,1H3,(H,22,23);1H. The van der Waals surface area contributed by atoms with Gasteiger partial charge in [0.1, 0.15) is 5.76 Å². The van der Waals surface area contributed by atoms with Gasteiger partial charge in [0.2, 0.25) is 0 Å². The molecule has 4 rings (SSSR count). The van der Waals surface area contributed by atoms with Crippen LogP contribution in [0.2, 0.25) is 0 Å². The first-order chi connectivity index (χ1) is 13.2. The third-order valence-corrected chi connectivity index (χ3v) is 6.21. The van der Waals surface area contributed by atoms with Crippen molar-refractivity contribution in [2.75, 3.05) is 32.8 Å². The van der Waals surface area contributed by atoms with Gasteiger partial charge in [-0.3, -0.25) is 4.99 Å². The average molecular weight is 503 g/mol. The van der Waals surface area contributed by atoms with Crippen LogP contribution in [-0.2, 0) is 15.9 Å². The number of halogens is 1. The predicted octanol–water partition coefficient (Wildman–Crippen LogP) is 3.80. The lowest BCUT2D eigenvalue weighted by Gasteiger charge is -2.41. The van der Waals surface area contributed by atoms with E-state index in [0.717, 1.165) is 50.6 Å². The first-order valence-electron chi connectivity index (χ1n) is 10.6. The second kappa shape index (κ2) is 10.3. The fraction of sp³-hybridized carbons (Fsp3) is 0.762. The van der Waals surface area contributed by atoms with Crippen molar-refractivity contribution in [2.24, 2.45) is 10.9 Å². The summed E-state index contributed by atoms with van der Waals surface area (Å²) in [4.78, 5) is 7.38. The number of aliphatic imine (C=N–C) groups is 1. The van der Waals surface area contributed by atoms with Crippen molar-refractivity contribution in [3.63, 3.8) is 0 Å². The molecule has 3 fully saturated rings. The van der Waals surface area contributed by atoms with E-state index in [9.17, 15) is 0 Å². The molecular weight excluding hydrogens is 469 g/mol. The second-order valence-corrected chi connectivity index (χ2v) is 8.16. The number of hydrogen-bond acceptors (Lipinski definition) is 4. The van der Waals surface area contributed by atoms with Gasteiger partial charge in [0.15, 0.2) is 11.7 Å². The molecule has 2 saturated heterocycles. The highest BCUT2D eigenvalue weighted by Gasteiger charge is 2.42. The maximum absolute atomic E-state index is 5.95. The smallest absolute Gasteiger partial charge is 0.194 e. The molecule has 1 aromatic heterocycles. The van der Waals surface area contributed by atoms with Gasteiger partial charge < -0.3 is 24.1 Å². The van der Waals surface area contributed by atoms with Crippen LogP contribution < -0.4 is 5.32 Å². The third kappa shape index (κ3) is 5.42. The van der Waals surface area contributed by atoms with Crippen molar-refractivity contribution in [1.29, 1.82) is 0 Å². The lowest BCUT2D eigenvalue weighted by molar-refractivity contribution is -0.189. The van der Waals surface area contributed by atoms with Crippen LogP contribution in [0.15, 0.2) is 27.8 Å². The molecule has 1 unspecified atom stereocenters. The molecule has 1 aromatic rings. The third-order valence-electron chi connectivity index (χ3n) is 6.21. The lowest BCUT2D eigenvalue weighted by atomic mass is 9.90. The Hall–Kier alpha value is -0.800. The van der Waals surface area contributed by atoms with Gasteiger partial charge in [-0.05, 0) is 44.7 Å². The molecule has 0 radical (unpaired) electrons. The fourth-order valence-electron chi connectivity index (χ4n) is 4.58. The predicted molar refractivity (Wildman–Crippen MR) is 120 cm³/mol. The summed E-state index contributed by atoms with van der Waals surface area (Å²) < 4.78 is 17.4. The number of nitrogens with one attached hydrogen (secondary N) is 1. The molecule has 3 heterocycles. The van der Waals surface area contributed by atoms with E-state index in [2.05, 4.69) is 17.1 Å². The monoisotopic (exact) mass is 503 g/mol. The fourth-order valence-corrected chi connectivity index (χ4v) is 4.58. The van der Waals surface area contributed by atoms with E-state index in [1.807, 2.05) is 12.1 Å². The molecule has 28 heavy (non-hydrogen) atoms. The van der Waals surface area contributed by atoms with Crippen molar-refractivity contribution in [1.82, 2.24) is 10.2 Å². The number of guanidine groups is 1. The molecule has 1 aliphatic carbocycles. The van der Waals surface area contributed by atoms with Gasteiger partial charge in [0.25, 0.3) is 0 Å². The molecule has 158 valence electrons. The first kappa shape index (κ1) is 21.9. The maximum Gasteiger partial charge on any atom is 0.194 e. The Morgan fingerprint density at radius 3 is 2.71 bits per heavy atom. The number of hydrogen-bond donors (Lipinski definition) is 1. The van der Waals surface area contributed by atoms with Gasteiger partial charge in [-0.15, -0.1) is 24.0 Å². The lowest BCUT2D eigenvalue weighted by Crippen LogP contribution is -2.53. The number of nitrogens with zero attached hydrogens (tertiary/aromatic N) is 2.